The van der Waals surface area contributed by atoms with Gasteiger partial charge in [-0.05, 0) is 13.0 Å². The van der Waals surface area contributed by atoms with Gasteiger partial charge < -0.3 is 14.8 Å². The molecule has 0 unspecified atom stereocenters. The Hall–Kier alpha value is -1.37. The van der Waals surface area contributed by atoms with Crippen LogP contribution in [0.1, 0.15) is 23.3 Å². The normalized spacial score (nSPS) is 12.8. The summed E-state index contributed by atoms with van der Waals surface area (Å²) in [5.41, 5.74) is -0.876. The quantitative estimate of drug-likeness (QED) is 0.904. The largest absolute Gasteiger partial charge is 0.477 e. The van der Waals surface area contributed by atoms with Crippen molar-refractivity contribution in [2.24, 2.45) is 0 Å². The predicted octanol–water partition coefficient (Wildman–Crippen LogP) is 1.97. The number of nitrogens with zero attached hydrogens (tertiary/aromatic N) is 1. The molecule has 7 heteroatoms. The summed E-state index contributed by atoms with van der Waals surface area (Å²) in [6, 6.07) is 1.12. The van der Waals surface area contributed by atoms with E-state index in [0.717, 1.165) is 0 Å². The highest BCUT2D eigenvalue weighted by Gasteiger charge is 2.18. The standard InChI is InChI=1S/C11H10ClNO4S/c1-5(4-14)13-3-7(11(16)17)9(15)6-2-8(12)18-10(6)13/h2-3,5,14H,4H2,1H3,(H,16,17)/t5-/m1/s1. The fraction of sp³-hybridized carbons (Fsp3) is 0.273. The highest BCUT2D eigenvalue weighted by Crippen LogP contribution is 2.29. The van der Waals surface area contributed by atoms with E-state index in [1.807, 2.05) is 0 Å². The summed E-state index contributed by atoms with van der Waals surface area (Å²) in [5, 5.41) is 18.5. The maximum atomic E-state index is 11.9. The van der Waals surface area contributed by atoms with Gasteiger partial charge in [0.05, 0.1) is 22.4 Å². The third kappa shape index (κ3) is 2.03. The molecular weight excluding hydrogens is 278 g/mol. The molecule has 2 N–H and O–H groups in total. The topological polar surface area (TPSA) is 79.5 Å². The Labute approximate surface area is 111 Å². The van der Waals surface area contributed by atoms with Crippen LogP contribution in [0.4, 0.5) is 0 Å². The first-order valence-electron chi connectivity index (χ1n) is 5.14. The number of aliphatic hydroxyl groups excluding tert-OH is 1. The van der Waals surface area contributed by atoms with Crippen molar-refractivity contribution in [1.82, 2.24) is 4.57 Å². The molecule has 5 nitrogen and oxygen atoms in total. The van der Waals surface area contributed by atoms with Gasteiger partial charge in [0, 0.05) is 6.20 Å². The van der Waals surface area contributed by atoms with Crippen LogP contribution < -0.4 is 5.43 Å². The Kier molecular flexibility index (Phi) is 3.43. The molecule has 2 aromatic heterocycles. The Bertz CT molecular complexity index is 675. The van der Waals surface area contributed by atoms with Crippen LogP contribution in [0.5, 0.6) is 0 Å². The van der Waals surface area contributed by atoms with Crippen LogP contribution in [-0.4, -0.2) is 27.4 Å². The zero-order chi connectivity index (χ0) is 13.4. The first kappa shape index (κ1) is 13.1. The molecule has 0 saturated carbocycles. The lowest BCUT2D eigenvalue weighted by Crippen LogP contribution is -2.20. The molecule has 2 heterocycles. The summed E-state index contributed by atoms with van der Waals surface area (Å²) in [6.45, 7) is 1.57. The van der Waals surface area contributed by atoms with Gasteiger partial charge in [-0.2, -0.15) is 0 Å². The molecule has 0 aliphatic carbocycles. The van der Waals surface area contributed by atoms with Crippen molar-refractivity contribution in [2.75, 3.05) is 6.61 Å². The molecule has 1 atom stereocenters. The Balaban J connectivity index is 2.88. The summed E-state index contributed by atoms with van der Waals surface area (Å²) in [7, 11) is 0. The van der Waals surface area contributed by atoms with Crippen molar-refractivity contribution in [3.63, 3.8) is 0 Å². The van der Waals surface area contributed by atoms with Crippen LogP contribution in [0.15, 0.2) is 17.1 Å². The number of rotatable bonds is 3. The molecular formula is C11H10ClNO4S. The third-order valence-electron chi connectivity index (χ3n) is 2.64. The minimum Gasteiger partial charge on any atom is -0.477 e. The van der Waals surface area contributed by atoms with E-state index >= 15 is 0 Å². The maximum absolute atomic E-state index is 11.9. The molecule has 2 aromatic rings. The van der Waals surface area contributed by atoms with Gasteiger partial charge in [-0.1, -0.05) is 11.6 Å². The van der Waals surface area contributed by atoms with E-state index in [1.54, 1.807) is 11.5 Å². The van der Waals surface area contributed by atoms with E-state index in [0.29, 0.717) is 9.17 Å². The molecule has 0 saturated heterocycles. The first-order chi connectivity index (χ1) is 8.45. The number of hydrogen-bond acceptors (Lipinski definition) is 4. The Morgan fingerprint density at radius 2 is 2.28 bits per heavy atom. The summed E-state index contributed by atoms with van der Waals surface area (Å²) >= 11 is 7.04. The molecule has 0 aliphatic heterocycles. The van der Waals surface area contributed by atoms with Crippen LogP contribution in [0.2, 0.25) is 4.34 Å². The molecule has 18 heavy (non-hydrogen) atoms. The molecule has 96 valence electrons. The van der Waals surface area contributed by atoms with Gasteiger partial charge in [0.15, 0.2) is 0 Å². The van der Waals surface area contributed by atoms with Crippen LogP contribution in [0, 0.1) is 0 Å². The number of thiophene rings is 1. The molecule has 0 aromatic carbocycles. The molecule has 0 aliphatic rings. The number of carboxylic acid groups (broad SMARTS) is 1. The maximum Gasteiger partial charge on any atom is 0.341 e. The van der Waals surface area contributed by atoms with E-state index < -0.39 is 11.4 Å². The van der Waals surface area contributed by atoms with E-state index in [4.69, 9.17) is 16.7 Å². The zero-order valence-corrected chi connectivity index (χ0v) is 11.0. The van der Waals surface area contributed by atoms with E-state index in [1.165, 1.54) is 23.6 Å². The minimum atomic E-state index is -1.29. The minimum absolute atomic E-state index is 0.160. The monoisotopic (exact) mass is 287 g/mol. The molecule has 0 amide bonds. The lowest BCUT2D eigenvalue weighted by molar-refractivity contribution is 0.0694. The number of halogens is 1. The number of aromatic carboxylic acids is 1. The van der Waals surface area contributed by atoms with Gasteiger partial charge in [-0.25, -0.2) is 4.79 Å². The van der Waals surface area contributed by atoms with Gasteiger partial charge in [-0.3, -0.25) is 4.79 Å². The second kappa shape index (κ2) is 4.72. The summed E-state index contributed by atoms with van der Waals surface area (Å²) in [5.74, 6) is -1.29. The SMILES string of the molecule is C[C@H](CO)n1cc(C(=O)O)c(=O)c2cc(Cl)sc21. The zero-order valence-electron chi connectivity index (χ0n) is 9.38. The van der Waals surface area contributed by atoms with Crippen molar-refractivity contribution < 1.29 is 15.0 Å². The number of aromatic nitrogens is 1. The number of pyridine rings is 1. The van der Waals surface area contributed by atoms with Crippen LogP contribution in [0.25, 0.3) is 10.2 Å². The highest BCUT2D eigenvalue weighted by molar-refractivity contribution is 7.22. The molecule has 0 fully saturated rings. The van der Waals surface area contributed by atoms with Crippen molar-refractivity contribution in [2.45, 2.75) is 13.0 Å². The van der Waals surface area contributed by atoms with Crippen LogP contribution in [0.3, 0.4) is 0 Å². The van der Waals surface area contributed by atoms with E-state index in [2.05, 4.69) is 0 Å². The summed E-state index contributed by atoms with van der Waals surface area (Å²) in [4.78, 5) is 23.5. The van der Waals surface area contributed by atoms with Gasteiger partial charge >= 0.3 is 5.97 Å². The first-order valence-corrected chi connectivity index (χ1v) is 6.33. The van der Waals surface area contributed by atoms with Gasteiger partial charge in [0.25, 0.3) is 0 Å². The summed E-state index contributed by atoms with van der Waals surface area (Å²) < 4.78 is 1.97. The Morgan fingerprint density at radius 1 is 1.61 bits per heavy atom. The molecule has 2 rings (SSSR count). The number of carbonyl (C=O) groups is 1. The fourth-order valence-electron chi connectivity index (χ4n) is 1.68. The van der Waals surface area contributed by atoms with E-state index in [-0.39, 0.29) is 23.6 Å². The molecule has 0 bridgehead atoms. The van der Waals surface area contributed by atoms with Crippen molar-refractivity contribution in [3.05, 3.63) is 32.4 Å². The van der Waals surface area contributed by atoms with Gasteiger partial charge in [0.2, 0.25) is 5.43 Å². The van der Waals surface area contributed by atoms with Gasteiger partial charge in [-0.15, -0.1) is 11.3 Å². The number of aliphatic hydroxyl groups is 1. The van der Waals surface area contributed by atoms with E-state index in [9.17, 15) is 14.7 Å². The van der Waals surface area contributed by atoms with Crippen molar-refractivity contribution >= 4 is 39.1 Å². The lowest BCUT2D eigenvalue weighted by atomic mass is 10.2. The second-order valence-electron chi connectivity index (χ2n) is 3.89. The van der Waals surface area contributed by atoms with Gasteiger partial charge in [0.1, 0.15) is 10.4 Å². The molecule has 0 spiro atoms. The van der Waals surface area contributed by atoms with Crippen LogP contribution in [-0.2, 0) is 0 Å². The second-order valence-corrected chi connectivity index (χ2v) is 5.55. The third-order valence-corrected chi connectivity index (χ3v) is 3.92. The average Bonchev–Trinajstić information content (AvgIpc) is 2.70. The van der Waals surface area contributed by atoms with Crippen molar-refractivity contribution in [1.29, 1.82) is 0 Å². The Morgan fingerprint density at radius 3 is 2.83 bits per heavy atom. The summed E-state index contributed by atoms with van der Waals surface area (Å²) in [6.07, 6.45) is 1.25. The average molecular weight is 288 g/mol. The smallest absolute Gasteiger partial charge is 0.341 e. The number of hydrogen-bond donors (Lipinski definition) is 2. The number of carboxylic acids is 1. The molecule has 0 radical (unpaired) electrons. The van der Waals surface area contributed by atoms with Crippen LogP contribution >= 0.6 is 22.9 Å². The fourth-order valence-corrected chi connectivity index (χ4v) is 2.97. The lowest BCUT2D eigenvalue weighted by Gasteiger charge is -2.15. The van der Waals surface area contributed by atoms with Crippen molar-refractivity contribution in [3.8, 4) is 0 Å². The predicted molar refractivity (Wildman–Crippen MR) is 69.9 cm³/mol. The number of fused-ring (bicyclic) bond motifs is 1. The highest BCUT2D eigenvalue weighted by atomic mass is 35.5.